The Morgan fingerprint density at radius 2 is 2.11 bits per heavy atom. The van der Waals surface area contributed by atoms with Crippen LogP contribution in [-0.2, 0) is 6.54 Å². The zero-order valence-electron chi connectivity index (χ0n) is 11.6. The van der Waals surface area contributed by atoms with E-state index >= 15 is 0 Å². The summed E-state index contributed by atoms with van der Waals surface area (Å²) in [5.74, 6) is 0. The number of rotatable bonds is 7. The van der Waals surface area contributed by atoms with Crippen LogP contribution in [0.4, 0.5) is 0 Å². The summed E-state index contributed by atoms with van der Waals surface area (Å²) in [7, 11) is 0. The quantitative estimate of drug-likeness (QED) is 0.841. The van der Waals surface area contributed by atoms with Crippen molar-refractivity contribution in [2.24, 2.45) is 11.1 Å². The second kappa shape index (κ2) is 7.22. The number of aromatic nitrogens is 1. The lowest BCUT2D eigenvalue weighted by atomic mass is 9.93. The normalized spacial score (nSPS) is 12.1. The van der Waals surface area contributed by atoms with Crippen molar-refractivity contribution in [2.45, 2.75) is 33.7 Å². The molecule has 0 saturated heterocycles. The molecule has 0 aliphatic rings. The molecule has 2 N–H and O–H groups in total. The fourth-order valence-corrected chi connectivity index (χ4v) is 2.41. The number of halogens is 1. The molecule has 102 valence electrons. The topological polar surface area (TPSA) is 42.2 Å². The van der Waals surface area contributed by atoms with E-state index < -0.39 is 0 Å². The lowest BCUT2D eigenvalue weighted by Crippen LogP contribution is -2.38. The van der Waals surface area contributed by atoms with E-state index in [0.717, 1.165) is 30.5 Å². The highest BCUT2D eigenvalue weighted by Gasteiger charge is 2.19. The van der Waals surface area contributed by atoms with Crippen molar-refractivity contribution in [2.75, 3.05) is 19.6 Å². The third-order valence-electron chi connectivity index (χ3n) is 2.91. The van der Waals surface area contributed by atoms with Gasteiger partial charge in [0.05, 0.1) is 0 Å². The summed E-state index contributed by atoms with van der Waals surface area (Å²) in [4.78, 5) is 6.67. The summed E-state index contributed by atoms with van der Waals surface area (Å²) >= 11 is 3.47. The number of nitrogens with two attached hydrogens (primary N) is 1. The van der Waals surface area contributed by atoms with Crippen molar-refractivity contribution < 1.29 is 0 Å². The van der Waals surface area contributed by atoms with Crippen molar-refractivity contribution in [3.8, 4) is 0 Å². The van der Waals surface area contributed by atoms with Gasteiger partial charge in [-0.3, -0.25) is 9.88 Å². The van der Waals surface area contributed by atoms with E-state index in [0.29, 0.717) is 6.54 Å². The Kier molecular flexibility index (Phi) is 6.26. The number of nitrogens with zero attached hydrogens (tertiary/aromatic N) is 2. The van der Waals surface area contributed by atoms with E-state index in [1.165, 1.54) is 5.56 Å². The smallest absolute Gasteiger partial charge is 0.0410 e. The third kappa shape index (κ3) is 5.46. The minimum atomic E-state index is 0.161. The molecule has 0 aromatic carbocycles. The van der Waals surface area contributed by atoms with Crippen LogP contribution in [0.1, 0.15) is 32.8 Å². The van der Waals surface area contributed by atoms with Crippen molar-refractivity contribution >= 4 is 15.9 Å². The summed E-state index contributed by atoms with van der Waals surface area (Å²) in [6.07, 6.45) is 4.91. The summed E-state index contributed by atoms with van der Waals surface area (Å²) < 4.78 is 1.04. The van der Waals surface area contributed by atoms with Gasteiger partial charge in [0.1, 0.15) is 0 Å². The van der Waals surface area contributed by atoms with Gasteiger partial charge in [-0.05, 0) is 52.5 Å². The van der Waals surface area contributed by atoms with Crippen LogP contribution in [0.2, 0.25) is 0 Å². The molecule has 0 spiro atoms. The van der Waals surface area contributed by atoms with E-state index in [2.05, 4.69) is 52.7 Å². The molecule has 0 saturated carbocycles. The molecule has 0 bridgehead atoms. The van der Waals surface area contributed by atoms with Crippen molar-refractivity contribution in [1.82, 2.24) is 9.88 Å². The first kappa shape index (κ1) is 15.6. The Balaban J connectivity index is 2.68. The van der Waals surface area contributed by atoms with Gasteiger partial charge in [0.15, 0.2) is 0 Å². The maximum absolute atomic E-state index is 5.82. The number of pyridine rings is 1. The van der Waals surface area contributed by atoms with Crippen molar-refractivity contribution in [1.29, 1.82) is 0 Å². The third-order valence-corrected chi connectivity index (χ3v) is 3.35. The molecular weight excluding hydrogens is 290 g/mol. The SMILES string of the molecule is CCCN(Cc1cncc(Br)c1)CC(C)(C)CN. The summed E-state index contributed by atoms with van der Waals surface area (Å²) in [5, 5.41) is 0. The highest BCUT2D eigenvalue weighted by Crippen LogP contribution is 2.18. The zero-order valence-corrected chi connectivity index (χ0v) is 13.2. The van der Waals surface area contributed by atoms with Gasteiger partial charge in [-0.15, -0.1) is 0 Å². The van der Waals surface area contributed by atoms with Crippen LogP contribution < -0.4 is 5.73 Å². The number of hydrogen-bond donors (Lipinski definition) is 1. The molecule has 1 rings (SSSR count). The molecule has 0 fully saturated rings. The van der Waals surface area contributed by atoms with Gasteiger partial charge in [0, 0.05) is 30.0 Å². The number of hydrogen-bond acceptors (Lipinski definition) is 3. The van der Waals surface area contributed by atoms with Gasteiger partial charge >= 0.3 is 0 Å². The molecule has 0 aliphatic heterocycles. The highest BCUT2D eigenvalue weighted by atomic mass is 79.9. The standard InChI is InChI=1S/C14H24BrN3/c1-4-5-18(11-14(2,3)10-16)9-12-6-13(15)8-17-7-12/h6-8H,4-5,9-11,16H2,1-3H3. The highest BCUT2D eigenvalue weighted by molar-refractivity contribution is 9.10. The average molecular weight is 314 g/mol. The van der Waals surface area contributed by atoms with E-state index in [9.17, 15) is 0 Å². The lowest BCUT2D eigenvalue weighted by Gasteiger charge is -2.31. The molecule has 3 nitrogen and oxygen atoms in total. The Morgan fingerprint density at radius 3 is 2.67 bits per heavy atom. The van der Waals surface area contributed by atoms with Crippen LogP contribution in [0, 0.1) is 5.41 Å². The molecule has 0 aliphatic carbocycles. The van der Waals surface area contributed by atoms with Crippen molar-refractivity contribution in [3.63, 3.8) is 0 Å². The molecule has 0 amide bonds. The molecule has 1 heterocycles. The van der Waals surface area contributed by atoms with Crippen LogP contribution in [0.3, 0.4) is 0 Å². The Morgan fingerprint density at radius 1 is 1.39 bits per heavy atom. The van der Waals surface area contributed by atoms with E-state index in [-0.39, 0.29) is 5.41 Å². The minimum absolute atomic E-state index is 0.161. The first-order valence-corrected chi connectivity index (χ1v) is 7.28. The van der Waals surface area contributed by atoms with Crippen LogP contribution in [0.15, 0.2) is 22.9 Å². The monoisotopic (exact) mass is 313 g/mol. The Labute approximate surface area is 119 Å². The van der Waals surface area contributed by atoms with E-state index in [1.807, 2.05) is 12.4 Å². The van der Waals surface area contributed by atoms with Gasteiger partial charge in [0.25, 0.3) is 0 Å². The first-order valence-electron chi connectivity index (χ1n) is 6.48. The first-order chi connectivity index (χ1) is 8.46. The maximum Gasteiger partial charge on any atom is 0.0410 e. The van der Waals surface area contributed by atoms with Crippen LogP contribution in [0.25, 0.3) is 0 Å². The van der Waals surface area contributed by atoms with Gasteiger partial charge in [-0.1, -0.05) is 20.8 Å². The predicted molar refractivity (Wildman–Crippen MR) is 80.3 cm³/mol. The van der Waals surface area contributed by atoms with Gasteiger partial charge in [-0.2, -0.15) is 0 Å². The molecule has 18 heavy (non-hydrogen) atoms. The Hall–Kier alpha value is -0.450. The minimum Gasteiger partial charge on any atom is -0.330 e. The molecule has 0 radical (unpaired) electrons. The molecule has 1 aromatic heterocycles. The maximum atomic E-state index is 5.82. The molecule has 1 aromatic rings. The molecule has 0 atom stereocenters. The second-order valence-corrected chi connectivity index (χ2v) is 6.51. The largest absolute Gasteiger partial charge is 0.330 e. The fourth-order valence-electron chi connectivity index (χ4n) is 2.00. The van der Waals surface area contributed by atoms with Crippen molar-refractivity contribution in [3.05, 3.63) is 28.5 Å². The lowest BCUT2D eigenvalue weighted by molar-refractivity contribution is 0.176. The van der Waals surface area contributed by atoms with Crippen LogP contribution in [-0.4, -0.2) is 29.5 Å². The van der Waals surface area contributed by atoms with E-state index in [1.54, 1.807) is 0 Å². The average Bonchev–Trinajstić information content (AvgIpc) is 2.29. The van der Waals surface area contributed by atoms with Gasteiger partial charge in [0.2, 0.25) is 0 Å². The van der Waals surface area contributed by atoms with E-state index in [4.69, 9.17) is 5.73 Å². The van der Waals surface area contributed by atoms with Crippen LogP contribution in [0.5, 0.6) is 0 Å². The summed E-state index contributed by atoms with van der Waals surface area (Å²) in [6.45, 7) is 10.4. The molecule has 0 unspecified atom stereocenters. The Bertz CT molecular complexity index is 366. The summed E-state index contributed by atoms with van der Waals surface area (Å²) in [6, 6.07) is 2.13. The van der Waals surface area contributed by atoms with Crippen LogP contribution >= 0.6 is 15.9 Å². The summed E-state index contributed by atoms with van der Waals surface area (Å²) in [5.41, 5.74) is 7.22. The van der Waals surface area contributed by atoms with Gasteiger partial charge < -0.3 is 5.73 Å². The van der Waals surface area contributed by atoms with Gasteiger partial charge in [-0.25, -0.2) is 0 Å². The predicted octanol–water partition coefficient (Wildman–Crippen LogP) is 3.04. The fraction of sp³-hybridized carbons (Fsp3) is 0.643. The molecular formula is C14H24BrN3. The second-order valence-electron chi connectivity index (χ2n) is 5.59. The molecule has 4 heteroatoms. The zero-order chi connectivity index (χ0) is 13.6.